The second kappa shape index (κ2) is 9.03. The number of furan rings is 1. The molecule has 0 saturated heterocycles. The summed E-state index contributed by atoms with van der Waals surface area (Å²) in [6.45, 7) is 3.66. The van der Waals surface area contributed by atoms with Crippen molar-refractivity contribution in [2.75, 3.05) is 5.32 Å². The van der Waals surface area contributed by atoms with Crippen molar-refractivity contribution in [3.05, 3.63) is 52.4 Å². The molecule has 1 aromatic heterocycles. The minimum atomic E-state index is -0.258. The van der Waals surface area contributed by atoms with Crippen LogP contribution in [0, 0.1) is 13.8 Å². The van der Waals surface area contributed by atoms with Crippen molar-refractivity contribution in [3.63, 3.8) is 0 Å². The van der Waals surface area contributed by atoms with Crippen molar-refractivity contribution < 1.29 is 14.0 Å². The monoisotopic (exact) mass is 361 g/mol. The van der Waals surface area contributed by atoms with E-state index in [1.54, 1.807) is 24.3 Å². The summed E-state index contributed by atoms with van der Waals surface area (Å²) in [6.07, 6.45) is 2.29. The number of hydrogen-bond acceptors (Lipinski definition) is 4. The lowest BCUT2D eigenvalue weighted by atomic mass is 10.2. The van der Waals surface area contributed by atoms with Gasteiger partial charge in [0.1, 0.15) is 11.5 Å². The van der Waals surface area contributed by atoms with E-state index in [0.29, 0.717) is 22.9 Å². The first kappa shape index (κ1) is 18.7. The molecule has 25 heavy (non-hydrogen) atoms. The zero-order valence-electron chi connectivity index (χ0n) is 14.1. The van der Waals surface area contributed by atoms with E-state index in [1.807, 2.05) is 19.9 Å². The van der Waals surface area contributed by atoms with Crippen LogP contribution in [0.25, 0.3) is 0 Å². The van der Waals surface area contributed by atoms with E-state index in [2.05, 4.69) is 15.8 Å². The molecule has 0 aliphatic carbocycles. The number of halogens is 1. The van der Waals surface area contributed by atoms with Gasteiger partial charge in [0.15, 0.2) is 0 Å². The predicted octanol–water partition coefficient (Wildman–Crippen LogP) is 3.81. The normalized spacial score (nSPS) is 10.8. The Hall–Kier alpha value is -2.60. The molecule has 0 unspecified atom stereocenters. The van der Waals surface area contributed by atoms with Gasteiger partial charge in [-0.3, -0.25) is 9.59 Å². The van der Waals surface area contributed by atoms with E-state index in [-0.39, 0.29) is 24.7 Å². The van der Waals surface area contributed by atoms with E-state index >= 15 is 0 Å². The minimum Gasteiger partial charge on any atom is -0.460 e. The fraction of sp³-hybridized carbons (Fsp3) is 0.278. The number of carbonyl (C=O) groups excluding carboxylic acids is 2. The number of hydrogen-bond donors (Lipinski definition) is 2. The van der Waals surface area contributed by atoms with Gasteiger partial charge in [0.05, 0.1) is 6.21 Å². The average molecular weight is 362 g/mol. The van der Waals surface area contributed by atoms with Gasteiger partial charge in [0.2, 0.25) is 11.8 Å². The number of aryl methyl sites for hydroxylation is 1. The molecule has 6 nitrogen and oxygen atoms in total. The van der Waals surface area contributed by atoms with Crippen LogP contribution in [0.3, 0.4) is 0 Å². The topological polar surface area (TPSA) is 83.7 Å². The maximum Gasteiger partial charge on any atom is 0.240 e. The van der Waals surface area contributed by atoms with Crippen LogP contribution in [0.4, 0.5) is 5.69 Å². The van der Waals surface area contributed by atoms with Crippen molar-refractivity contribution in [1.29, 1.82) is 0 Å². The summed E-state index contributed by atoms with van der Waals surface area (Å²) in [6, 6.07) is 8.89. The SMILES string of the molecule is Cc1ccc(/C=N\NC(=O)CCCC(=O)Nc2cccc(Cl)c2C)o1. The molecule has 2 amide bonds. The Balaban J connectivity index is 1.69. The van der Waals surface area contributed by atoms with Crippen molar-refractivity contribution in [2.45, 2.75) is 33.1 Å². The van der Waals surface area contributed by atoms with Crippen molar-refractivity contribution >= 4 is 35.3 Å². The van der Waals surface area contributed by atoms with Crippen LogP contribution >= 0.6 is 11.6 Å². The minimum absolute atomic E-state index is 0.160. The quantitative estimate of drug-likeness (QED) is 0.581. The van der Waals surface area contributed by atoms with Gasteiger partial charge in [-0.05, 0) is 50.1 Å². The number of hydrazone groups is 1. The molecule has 0 spiro atoms. The summed E-state index contributed by atoms with van der Waals surface area (Å²) in [7, 11) is 0. The van der Waals surface area contributed by atoms with E-state index < -0.39 is 0 Å². The van der Waals surface area contributed by atoms with Crippen LogP contribution in [-0.2, 0) is 9.59 Å². The fourth-order valence-electron chi connectivity index (χ4n) is 2.11. The Kier molecular flexibility index (Phi) is 6.77. The molecule has 0 aliphatic rings. The summed E-state index contributed by atoms with van der Waals surface area (Å²) < 4.78 is 5.29. The third kappa shape index (κ3) is 6.08. The molecule has 2 aromatic rings. The third-order valence-corrected chi connectivity index (χ3v) is 3.90. The second-order valence-electron chi connectivity index (χ2n) is 5.56. The first-order valence-electron chi connectivity index (χ1n) is 7.89. The highest BCUT2D eigenvalue weighted by atomic mass is 35.5. The van der Waals surface area contributed by atoms with Gasteiger partial charge in [-0.1, -0.05) is 17.7 Å². The molecule has 2 rings (SSSR count). The number of nitrogens with one attached hydrogen (secondary N) is 2. The summed E-state index contributed by atoms with van der Waals surface area (Å²) in [5, 5.41) is 7.20. The van der Waals surface area contributed by atoms with Crippen molar-refractivity contribution in [3.8, 4) is 0 Å². The molecule has 0 radical (unpaired) electrons. The molecule has 1 aromatic carbocycles. The van der Waals surface area contributed by atoms with Crippen LogP contribution in [0.2, 0.25) is 5.02 Å². The van der Waals surface area contributed by atoms with Gasteiger partial charge in [-0.15, -0.1) is 0 Å². The van der Waals surface area contributed by atoms with Gasteiger partial charge in [0.25, 0.3) is 0 Å². The van der Waals surface area contributed by atoms with Crippen LogP contribution < -0.4 is 10.7 Å². The zero-order valence-corrected chi connectivity index (χ0v) is 14.9. The molecule has 0 aliphatic heterocycles. The summed E-state index contributed by atoms with van der Waals surface area (Å²) in [5.41, 5.74) is 3.90. The number of nitrogens with zero attached hydrogens (tertiary/aromatic N) is 1. The molecule has 0 saturated carbocycles. The zero-order chi connectivity index (χ0) is 18.2. The average Bonchev–Trinajstić information content (AvgIpc) is 2.97. The molecular formula is C18H20ClN3O3. The summed E-state index contributed by atoms with van der Waals surface area (Å²) in [5.74, 6) is 0.918. The molecule has 132 valence electrons. The lowest BCUT2D eigenvalue weighted by molar-refractivity contribution is -0.121. The first-order valence-corrected chi connectivity index (χ1v) is 8.27. The Bertz CT molecular complexity index is 784. The molecule has 7 heteroatoms. The lowest BCUT2D eigenvalue weighted by Crippen LogP contribution is -2.18. The van der Waals surface area contributed by atoms with Crippen LogP contribution in [-0.4, -0.2) is 18.0 Å². The number of benzene rings is 1. The standard InChI is InChI=1S/C18H20ClN3O3/c1-12-9-10-14(25-12)11-20-22-18(24)8-4-7-17(23)21-16-6-3-5-15(19)13(16)2/h3,5-6,9-11H,4,7-8H2,1-2H3,(H,21,23)(H,22,24)/b20-11-. The highest BCUT2D eigenvalue weighted by Gasteiger charge is 2.08. The van der Waals surface area contributed by atoms with E-state index in [0.717, 1.165) is 11.3 Å². The van der Waals surface area contributed by atoms with Crippen molar-refractivity contribution in [1.82, 2.24) is 5.43 Å². The highest BCUT2D eigenvalue weighted by molar-refractivity contribution is 6.31. The maximum atomic E-state index is 11.9. The molecular weight excluding hydrogens is 342 g/mol. The number of anilines is 1. The number of amides is 2. The molecule has 0 bridgehead atoms. The molecule has 2 N–H and O–H groups in total. The number of rotatable bonds is 7. The highest BCUT2D eigenvalue weighted by Crippen LogP contribution is 2.23. The largest absolute Gasteiger partial charge is 0.460 e. The Labute approximate surface area is 151 Å². The van der Waals surface area contributed by atoms with E-state index in [1.165, 1.54) is 6.21 Å². The Morgan fingerprint density at radius 1 is 1.16 bits per heavy atom. The van der Waals surface area contributed by atoms with Gasteiger partial charge in [-0.25, -0.2) is 5.43 Å². The summed E-state index contributed by atoms with van der Waals surface area (Å²) >= 11 is 6.01. The third-order valence-electron chi connectivity index (χ3n) is 3.49. The molecule has 1 heterocycles. The van der Waals surface area contributed by atoms with Gasteiger partial charge in [-0.2, -0.15) is 5.10 Å². The maximum absolute atomic E-state index is 11.9. The Morgan fingerprint density at radius 2 is 1.92 bits per heavy atom. The smallest absolute Gasteiger partial charge is 0.240 e. The molecule has 0 fully saturated rings. The summed E-state index contributed by atoms with van der Waals surface area (Å²) in [4.78, 5) is 23.6. The fourth-order valence-corrected chi connectivity index (χ4v) is 2.29. The van der Waals surface area contributed by atoms with Gasteiger partial charge >= 0.3 is 0 Å². The van der Waals surface area contributed by atoms with E-state index in [9.17, 15) is 9.59 Å². The van der Waals surface area contributed by atoms with Crippen LogP contribution in [0.5, 0.6) is 0 Å². The van der Waals surface area contributed by atoms with Gasteiger partial charge in [0, 0.05) is 23.6 Å². The van der Waals surface area contributed by atoms with Gasteiger partial charge < -0.3 is 9.73 Å². The van der Waals surface area contributed by atoms with E-state index in [4.69, 9.17) is 16.0 Å². The predicted molar refractivity (Wildman–Crippen MR) is 97.9 cm³/mol. The number of carbonyl (C=O) groups is 2. The van der Waals surface area contributed by atoms with Crippen molar-refractivity contribution in [2.24, 2.45) is 5.10 Å². The first-order chi connectivity index (χ1) is 12.0. The van der Waals surface area contributed by atoms with Crippen LogP contribution in [0.1, 0.15) is 36.3 Å². The second-order valence-corrected chi connectivity index (χ2v) is 5.96. The molecule has 0 atom stereocenters. The Morgan fingerprint density at radius 3 is 2.64 bits per heavy atom. The lowest BCUT2D eigenvalue weighted by Gasteiger charge is -2.09. The van der Waals surface area contributed by atoms with Crippen LogP contribution in [0.15, 0.2) is 39.9 Å².